The van der Waals surface area contributed by atoms with Gasteiger partial charge in [-0.1, -0.05) is 6.08 Å². The first kappa shape index (κ1) is 14.1. The lowest BCUT2D eigenvalue weighted by molar-refractivity contribution is -0.420. The van der Waals surface area contributed by atoms with E-state index in [-0.39, 0.29) is 18.5 Å². The molecule has 3 rings (SSSR count). The van der Waals surface area contributed by atoms with Crippen molar-refractivity contribution in [2.24, 2.45) is 17.3 Å². The van der Waals surface area contributed by atoms with Crippen molar-refractivity contribution in [3.05, 3.63) is 34.0 Å². The molecule has 0 aromatic rings. The highest BCUT2D eigenvalue weighted by Crippen LogP contribution is 2.48. The molecule has 2 aliphatic heterocycles. The lowest BCUT2D eigenvalue weighted by atomic mass is 9.63. The van der Waals surface area contributed by atoms with Crippen LogP contribution in [-0.2, 0) is 19.2 Å². The van der Waals surface area contributed by atoms with Crippen LogP contribution in [-0.4, -0.2) is 28.6 Å². The van der Waals surface area contributed by atoms with Gasteiger partial charge in [-0.3, -0.25) is 39.9 Å². The Morgan fingerprint density at radius 2 is 1.91 bits per heavy atom. The predicted molar refractivity (Wildman–Crippen MR) is 69.2 cm³/mol. The predicted octanol–water partition coefficient (Wildman–Crippen LogP) is -0.971. The maximum Gasteiger partial charge on any atom is 0.266 e. The van der Waals surface area contributed by atoms with E-state index in [1.807, 2.05) is 0 Å². The fraction of sp³-hybridized carbons (Fsp3) is 0.385. The molecule has 9 heteroatoms. The van der Waals surface area contributed by atoms with Crippen molar-refractivity contribution in [1.82, 2.24) is 10.6 Å². The van der Waals surface area contributed by atoms with E-state index in [0.717, 1.165) is 12.2 Å². The van der Waals surface area contributed by atoms with Crippen molar-refractivity contribution in [2.75, 3.05) is 0 Å². The van der Waals surface area contributed by atoms with Crippen molar-refractivity contribution >= 4 is 23.6 Å². The van der Waals surface area contributed by atoms with Crippen LogP contribution in [0.2, 0.25) is 0 Å². The summed E-state index contributed by atoms with van der Waals surface area (Å²) in [4.78, 5) is 58.0. The van der Waals surface area contributed by atoms with Gasteiger partial charge >= 0.3 is 0 Å². The molecule has 0 spiro atoms. The molecule has 3 aliphatic rings. The van der Waals surface area contributed by atoms with Gasteiger partial charge in [0.15, 0.2) is 0 Å². The Hall–Kier alpha value is -2.84. The molecule has 22 heavy (non-hydrogen) atoms. The standard InChI is InChI=1S/C13H11N3O6/c17-9-4-3-8(10(18)14-9)13-5-6(16(21)22)1-2-7(13)11(19)15-12(13)20/h1-2,5,7-8H,3-4H2,(H,14,17,18)(H,15,19,20). The fourth-order valence-electron chi connectivity index (χ4n) is 3.28. The van der Waals surface area contributed by atoms with Gasteiger partial charge in [-0.2, -0.15) is 0 Å². The van der Waals surface area contributed by atoms with E-state index < -0.39 is 45.8 Å². The van der Waals surface area contributed by atoms with Crippen LogP contribution in [0, 0.1) is 27.4 Å². The number of imide groups is 2. The van der Waals surface area contributed by atoms with E-state index in [9.17, 15) is 29.3 Å². The SMILES string of the molecule is O=C1CCC(C23C=C([N+](=O)[O-])C=CC2C(=O)NC3=O)C(=O)N1. The lowest BCUT2D eigenvalue weighted by Gasteiger charge is -2.36. The van der Waals surface area contributed by atoms with Gasteiger partial charge in [-0.05, 0) is 6.42 Å². The summed E-state index contributed by atoms with van der Waals surface area (Å²) in [7, 11) is 0. The molecule has 2 N–H and O–H groups in total. The number of nitro groups is 1. The molecule has 2 fully saturated rings. The van der Waals surface area contributed by atoms with Gasteiger partial charge in [-0.15, -0.1) is 0 Å². The Morgan fingerprint density at radius 1 is 1.18 bits per heavy atom. The first-order valence-corrected chi connectivity index (χ1v) is 6.60. The molecule has 3 atom stereocenters. The summed E-state index contributed by atoms with van der Waals surface area (Å²) in [6.45, 7) is 0. The number of fused-ring (bicyclic) bond motifs is 1. The van der Waals surface area contributed by atoms with Crippen LogP contribution in [0.25, 0.3) is 0 Å². The van der Waals surface area contributed by atoms with E-state index >= 15 is 0 Å². The van der Waals surface area contributed by atoms with Crippen LogP contribution in [0.15, 0.2) is 23.9 Å². The molecule has 114 valence electrons. The summed E-state index contributed by atoms with van der Waals surface area (Å²) in [6, 6.07) is 0. The van der Waals surface area contributed by atoms with Crippen molar-refractivity contribution < 1.29 is 24.1 Å². The van der Waals surface area contributed by atoms with Crippen LogP contribution in [0.5, 0.6) is 0 Å². The molecule has 4 amide bonds. The Balaban J connectivity index is 2.13. The van der Waals surface area contributed by atoms with E-state index in [2.05, 4.69) is 10.6 Å². The number of allylic oxidation sites excluding steroid dienone is 1. The number of amides is 4. The topological polar surface area (TPSA) is 135 Å². The first-order chi connectivity index (χ1) is 10.4. The second kappa shape index (κ2) is 4.58. The fourth-order valence-corrected chi connectivity index (χ4v) is 3.28. The quantitative estimate of drug-likeness (QED) is 0.383. The second-order valence-corrected chi connectivity index (χ2v) is 5.42. The second-order valence-electron chi connectivity index (χ2n) is 5.42. The zero-order chi connectivity index (χ0) is 16.1. The summed E-state index contributed by atoms with van der Waals surface area (Å²) in [5.41, 5.74) is -2.01. The molecule has 0 aromatic carbocycles. The van der Waals surface area contributed by atoms with E-state index in [1.54, 1.807) is 0 Å². The number of nitrogens with zero attached hydrogens (tertiary/aromatic N) is 1. The highest BCUT2D eigenvalue weighted by atomic mass is 16.6. The molecular formula is C13H11N3O6. The highest BCUT2D eigenvalue weighted by molar-refractivity contribution is 6.13. The van der Waals surface area contributed by atoms with Crippen LogP contribution in [0.1, 0.15) is 12.8 Å². The van der Waals surface area contributed by atoms with Gasteiger partial charge in [0.2, 0.25) is 23.6 Å². The Bertz CT molecular complexity index is 694. The monoisotopic (exact) mass is 305 g/mol. The third kappa shape index (κ3) is 1.78. The number of hydrogen-bond donors (Lipinski definition) is 2. The van der Waals surface area contributed by atoms with Gasteiger partial charge < -0.3 is 0 Å². The van der Waals surface area contributed by atoms with Crippen molar-refractivity contribution in [1.29, 1.82) is 0 Å². The van der Waals surface area contributed by atoms with E-state index in [4.69, 9.17) is 0 Å². The smallest absolute Gasteiger partial charge is 0.266 e. The molecule has 0 bridgehead atoms. The number of nitrogens with one attached hydrogen (secondary N) is 2. The number of rotatable bonds is 2. The normalized spacial score (nSPS) is 33.9. The largest absolute Gasteiger partial charge is 0.296 e. The lowest BCUT2D eigenvalue weighted by Crippen LogP contribution is -2.52. The number of piperidine rings is 1. The van der Waals surface area contributed by atoms with Gasteiger partial charge in [0.25, 0.3) is 5.70 Å². The summed E-state index contributed by atoms with van der Waals surface area (Å²) in [6.07, 6.45) is 3.54. The number of hydrogen-bond acceptors (Lipinski definition) is 6. The maximum absolute atomic E-state index is 12.3. The summed E-state index contributed by atoms with van der Waals surface area (Å²) in [5, 5.41) is 15.3. The van der Waals surface area contributed by atoms with Crippen molar-refractivity contribution in [2.45, 2.75) is 12.8 Å². The average molecular weight is 305 g/mol. The minimum atomic E-state index is -1.65. The van der Waals surface area contributed by atoms with Gasteiger partial charge in [0, 0.05) is 18.6 Å². The molecule has 1 aliphatic carbocycles. The molecule has 0 radical (unpaired) electrons. The van der Waals surface area contributed by atoms with Crippen molar-refractivity contribution in [3.8, 4) is 0 Å². The molecule has 2 heterocycles. The minimum Gasteiger partial charge on any atom is -0.296 e. The Morgan fingerprint density at radius 3 is 2.55 bits per heavy atom. The van der Waals surface area contributed by atoms with Crippen LogP contribution in [0.4, 0.5) is 0 Å². The zero-order valence-corrected chi connectivity index (χ0v) is 11.2. The molecule has 2 saturated heterocycles. The van der Waals surface area contributed by atoms with Crippen LogP contribution < -0.4 is 10.6 Å². The third-order valence-corrected chi connectivity index (χ3v) is 4.30. The third-order valence-electron chi connectivity index (χ3n) is 4.30. The highest BCUT2D eigenvalue weighted by Gasteiger charge is 2.62. The minimum absolute atomic E-state index is 0.0116. The summed E-state index contributed by atoms with van der Waals surface area (Å²) in [5.74, 6) is -4.52. The maximum atomic E-state index is 12.3. The zero-order valence-electron chi connectivity index (χ0n) is 11.2. The average Bonchev–Trinajstić information content (AvgIpc) is 2.70. The first-order valence-electron chi connectivity index (χ1n) is 6.60. The van der Waals surface area contributed by atoms with Crippen molar-refractivity contribution in [3.63, 3.8) is 0 Å². The van der Waals surface area contributed by atoms with Crippen LogP contribution in [0.3, 0.4) is 0 Å². The number of carbonyl (C=O) groups is 4. The molecule has 0 aromatic heterocycles. The van der Waals surface area contributed by atoms with E-state index in [1.165, 1.54) is 6.08 Å². The summed E-state index contributed by atoms with van der Waals surface area (Å²) >= 11 is 0. The number of carbonyl (C=O) groups excluding carboxylic acids is 4. The summed E-state index contributed by atoms with van der Waals surface area (Å²) < 4.78 is 0. The Labute approximate surface area is 123 Å². The van der Waals surface area contributed by atoms with E-state index in [0.29, 0.717) is 0 Å². The molecule has 9 nitrogen and oxygen atoms in total. The van der Waals surface area contributed by atoms with Crippen LogP contribution >= 0.6 is 0 Å². The van der Waals surface area contributed by atoms with Gasteiger partial charge in [0.1, 0.15) is 5.41 Å². The Kier molecular flexibility index (Phi) is 2.94. The molecular weight excluding hydrogens is 294 g/mol. The molecule has 3 unspecified atom stereocenters. The molecule has 0 saturated carbocycles. The van der Waals surface area contributed by atoms with Gasteiger partial charge in [0.05, 0.1) is 16.8 Å². The van der Waals surface area contributed by atoms with Gasteiger partial charge in [-0.25, -0.2) is 0 Å².